The minimum absolute atomic E-state index is 0.647. The minimum Gasteiger partial charge on any atom is -0.497 e. The topological polar surface area (TPSA) is 39.7 Å². The number of nitrogens with one attached hydrogen (secondary N) is 1. The van der Waals surface area contributed by atoms with E-state index in [-0.39, 0.29) is 0 Å². The Hall–Kier alpha value is -2.27. The zero-order valence-electron chi connectivity index (χ0n) is 13.6. The van der Waals surface area contributed by atoms with E-state index in [9.17, 15) is 0 Å². The standard InChI is InChI=1S/C18H21NO3S/c1-20-14-9-7-13(8-10-14)11-12-19-18(23)15-5-4-6-16(21-2)17(15)22-3/h4-10H,11-12H2,1-3H3,(H,19,23). The molecule has 122 valence electrons. The summed E-state index contributed by atoms with van der Waals surface area (Å²) in [6.07, 6.45) is 0.871. The van der Waals surface area contributed by atoms with Gasteiger partial charge in [0.1, 0.15) is 10.7 Å². The maximum Gasteiger partial charge on any atom is 0.170 e. The first-order valence-electron chi connectivity index (χ1n) is 7.31. The van der Waals surface area contributed by atoms with Crippen LogP contribution in [0.1, 0.15) is 11.1 Å². The summed E-state index contributed by atoms with van der Waals surface area (Å²) in [5.74, 6) is 2.18. The lowest BCUT2D eigenvalue weighted by Gasteiger charge is -2.14. The predicted molar refractivity (Wildman–Crippen MR) is 95.9 cm³/mol. The van der Waals surface area contributed by atoms with Gasteiger partial charge in [0.15, 0.2) is 11.5 Å². The molecule has 1 N–H and O–H groups in total. The number of hydrogen-bond donors (Lipinski definition) is 1. The molecule has 0 amide bonds. The largest absolute Gasteiger partial charge is 0.497 e. The smallest absolute Gasteiger partial charge is 0.170 e. The van der Waals surface area contributed by atoms with Crippen LogP contribution in [0, 0.1) is 0 Å². The summed E-state index contributed by atoms with van der Waals surface area (Å²) in [5, 5.41) is 3.27. The molecular weight excluding hydrogens is 310 g/mol. The van der Waals surface area contributed by atoms with Crippen molar-refractivity contribution in [2.45, 2.75) is 6.42 Å². The van der Waals surface area contributed by atoms with Crippen molar-refractivity contribution in [2.24, 2.45) is 0 Å². The highest BCUT2D eigenvalue weighted by Crippen LogP contribution is 2.30. The molecule has 0 spiro atoms. The van der Waals surface area contributed by atoms with Crippen LogP contribution in [0.2, 0.25) is 0 Å². The van der Waals surface area contributed by atoms with E-state index in [1.165, 1.54) is 5.56 Å². The molecule has 0 fully saturated rings. The Labute approximate surface area is 142 Å². The van der Waals surface area contributed by atoms with Crippen LogP contribution in [0.25, 0.3) is 0 Å². The number of hydrogen-bond acceptors (Lipinski definition) is 4. The summed E-state index contributed by atoms with van der Waals surface area (Å²) in [6.45, 7) is 0.742. The zero-order valence-corrected chi connectivity index (χ0v) is 14.4. The van der Waals surface area contributed by atoms with Gasteiger partial charge in [-0.3, -0.25) is 0 Å². The number of para-hydroxylation sites is 1. The van der Waals surface area contributed by atoms with Gasteiger partial charge in [-0.1, -0.05) is 30.4 Å². The number of rotatable bonds is 7. The fourth-order valence-corrected chi connectivity index (χ4v) is 2.54. The second kappa shape index (κ2) is 8.39. The van der Waals surface area contributed by atoms with E-state index in [1.54, 1.807) is 21.3 Å². The third kappa shape index (κ3) is 4.36. The van der Waals surface area contributed by atoms with Crippen LogP contribution < -0.4 is 19.5 Å². The van der Waals surface area contributed by atoms with Crippen molar-refractivity contribution in [3.63, 3.8) is 0 Å². The molecule has 0 aliphatic carbocycles. The predicted octanol–water partition coefficient (Wildman–Crippen LogP) is 3.22. The highest BCUT2D eigenvalue weighted by atomic mass is 32.1. The number of thiocarbonyl (C=S) groups is 1. The summed E-state index contributed by atoms with van der Waals surface area (Å²) in [7, 11) is 4.89. The van der Waals surface area contributed by atoms with Crippen LogP contribution >= 0.6 is 12.2 Å². The molecule has 23 heavy (non-hydrogen) atoms. The third-order valence-corrected chi connectivity index (χ3v) is 3.87. The first-order chi connectivity index (χ1) is 11.2. The average molecular weight is 331 g/mol. The molecule has 0 aromatic heterocycles. The molecule has 2 rings (SSSR count). The monoisotopic (exact) mass is 331 g/mol. The summed E-state index contributed by atoms with van der Waals surface area (Å²) in [4.78, 5) is 0.647. The van der Waals surface area contributed by atoms with Crippen LogP contribution in [0.3, 0.4) is 0 Å². The molecular formula is C18H21NO3S. The molecule has 0 atom stereocenters. The second-order valence-electron chi connectivity index (χ2n) is 4.90. The van der Waals surface area contributed by atoms with Gasteiger partial charge >= 0.3 is 0 Å². The van der Waals surface area contributed by atoms with Gasteiger partial charge in [0.05, 0.1) is 26.9 Å². The lowest BCUT2D eigenvalue weighted by atomic mass is 10.1. The Morgan fingerprint density at radius 1 is 0.957 bits per heavy atom. The normalized spacial score (nSPS) is 10.0. The molecule has 2 aromatic rings. The Morgan fingerprint density at radius 2 is 1.70 bits per heavy atom. The number of benzene rings is 2. The lowest BCUT2D eigenvalue weighted by molar-refractivity contribution is 0.354. The van der Waals surface area contributed by atoms with Crippen molar-refractivity contribution in [3.8, 4) is 17.2 Å². The van der Waals surface area contributed by atoms with E-state index in [0.717, 1.165) is 24.3 Å². The van der Waals surface area contributed by atoms with Crippen LogP contribution in [0.4, 0.5) is 0 Å². The fraction of sp³-hybridized carbons (Fsp3) is 0.278. The summed E-state index contributed by atoms with van der Waals surface area (Å²) >= 11 is 5.47. The minimum atomic E-state index is 0.647. The van der Waals surface area contributed by atoms with Crippen LogP contribution in [-0.4, -0.2) is 32.9 Å². The Balaban J connectivity index is 1.97. The van der Waals surface area contributed by atoms with E-state index in [2.05, 4.69) is 17.4 Å². The molecule has 0 saturated heterocycles. The van der Waals surface area contributed by atoms with Crippen LogP contribution in [0.5, 0.6) is 17.2 Å². The van der Waals surface area contributed by atoms with Crippen LogP contribution in [-0.2, 0) is 6.42 Å². The number of methoxy groups -OCH3 is 3. The van der Waals surface area contributed by atoms with E-state index in [0.29, 0.717) is 16.5 Å². The third-order valence-electron chi connectivity index (χ3n) is 3.51. The summed E-state index contributed by atoms with van der Waals surface area (Å²) in [6, 6.07) is 13.7. The SMILES string of the molecule is COc1ccc(CCNC(=S)c2cccc(OC)c2OC)cc1. The van der Waals surface area contributed by atoms with Gasteiger partial charge in [-0.05, 0) is 36.2 Å². The molecule has 0 aliphatic heterocycles. The first-order valence-corrected chi connectivity index (χ1v) is 7.72. The van der Waals surface area contributed by atoms with E-state index in [4.69, 9.17) is 26.4 Å². The van der Waals surface area contributed by atoms with Gasteiger partial charge in [0.2, 0.25) is 0 Å². The highest BCUT2D eigenvalue weighted by molar-refractivity contribution is 7.80. The van der Waals surface area contributed by atoms with E-state index < -0.39 is 0 Å². The Kier molecular flexibility index (Phi) is 6.23. The van der Waals surface area contributed by atoms with Crippen LogP contribution in [0.15, 0.2) is 42.5 Å². The van der Waals surface area contributed by atoms with Crippen molar-refractivity contribution >= 4 is 17.2 Å². The van der Waals surface area contributed by atoms with Crippen molar-refractivity contribution in [2.75, 3.05) is 27.9 Å². The molecule has 0 radical (unpaired) electrons. The maximum absolute atomic E-state index is 5.47. The highest BCUT2D eigenvalue weighted by Gasteiger charge is 2.12. The molecule has 0 heterocycles. The van der Waals surface area contributed by atoms with Gasteiger partial charge in [0.25, 0.3) is 0 Å². The fourth-order valence-electron chi connectivity index (χ4n) is 2.27. The summed E-state index contributed by atoms with van der Waals surface area (Å²) in [5.41, 5.74) is 2.05. The van der Waals surface area contributed by atoms with Gasteiger partial charge in [0, 0.05) is 6.54 Å². The Bertz CT molecular complexity index is 656. The van der Waals surface area contributed by atoms with Crippen molar-refractivity contribution in [1.82, 2.24) is 5.32 Å². The number of ether oxygens (including phenoxy) is 3. The molecule has 5 heteroatoms. The van der Waals surface area contributed by atoms with Crippen molar-refractivity contribution in [1.29, 1.82) is 0 Å². The Morgan fingerprint density at radius 3 is 2.30 bits per heavy atom. The molecule has 0 aliphatic rings. The van der Waals surface area contributed by atoms with E-state index >= 15 is 0 Å². The average Bonchev–Trinajstić information content (AvgIpc) is 2.61. The summed E-state index contributed by atoms with van der Waals surface area (Å²) < 4.78 is 15.9. The van der Waals surface area contributed by atoms with Gasteiger partial charge in [-0.15, -0.1) is 0 Å². The molecule has 4 nitrogen and oxygen atoms in total. The molecule has 0 saturated carbocycles. The lowest BCUT2D eigenvalue weighted by Crippen LogP contribution is -2.25. The molecule has 2 aromatic carbocycles. The van der Waals surface area contributed by atoms with Gasteiger partial charge in [-0.2, -0.15) is 0 Å². The first kappa shape index (κ1) is 17.1. The van der Waals surface area contributed by atoms with E-state index in [1.807, 2.05) is 30.3 Å². The van der Waals surface area contributed by atoms with Crippen molar-refractivity contribution < 1.29 is 14.2 Å². The van der Waals surface area contributed by atoms with Gasteiger partial charge in [-0.25, -0.2) is 0 Å². The zero-order chi connectivity index (χ0) is 16.7. The molecule has 0 unspecified atom stereocenters. The maximum atomic E-state index is 5.47. The second-order valence-corrected chi connectivity index (χ2v) is 5.30. The van der Waals surface area contributed by atoms with Crippen molar-refractivity contribution in [3.05, 3.63) is 53.6 Å². The quantitative estimate of drug-likeness (QED) is 0.789. The molecule has 0 bridgehead atoms. The van der Waals surface area contributed by atoms with Gasteiger partial charge < -0.3 is 19.5 Å².